The molecule has 2 rings (SSSR count). The summed E-state index contributed by atoms with van der Waals surface area (Å²) in [5.41, 5.74) is 0.336. The van der Waals surface area contributed by atoms with Crippen LogP contribution in [0.5, 0.6) is 0 Å². The topological polar surface area (TPSA) is 26.3 Å². The van der Waals surface area contributed by atoms with Gasteiger partial charge < -0.3 is 9.22 Å². The molecule has 0 aromatic rings. The molecule has 0 radical (unpaired) electrons. The molecule has 2 saturated carbocycles. The minimum absolute atomic E-state index is 0.209. The van der Waals surface area contributed by atoms with E-state index in [2.05, 4.69) is 33.5 Å². The van der Waals surface area contributed by atoms with E-state index in [0.29, 0.717) is 23.4 Å². The van der Waals surface area contributed by atoms with Gasteiger partial charge in [0, 0.05) is 12.0 Å². The molecule has 0 aliphatic heterocycles. The van der Waals surface area contributed by atoms with E-state index < -0.39 is 8.32 Å². The lowest BCUT2D eigenvalue weighted by atomic mass is 9.62. The van der Waals surface area contributed by atoms with E-state index in [0.717, 1.165) is 0 Å². The molecular weight excluding hydrogens is 252 g/mol. The van der Waals surface area contributed by atoms with Crippen molar-refractivity contribution < 1.29 is 9.22 Å². The highest BCUT2D eigenvalue weighted by Gasteiger charge is 2.53. The van der Waals surface area contributed by atoms with Crippen molar-refractivity contribution in [1.29, 1.82) is 0 Å². The number of hydrogen-bond donors (Lipinski definition) is 0. The zero-order chi connectivity index (χ0) is 14.3. The molecule has 2 unspecified atom stereocenters. The number of rotatable bonds is 4. The molecule has 0 amide bonds. The Kier molecular flexibility index (Phi) is 4.27. The molecule has 2 fully saturated rings. The first-order chi connectivity index (χ1) is 8.78. The van der Waals surface area contributed by atoms with Crippen LogP contribution >= 0.6 is 0 Å². The van der Waals surface area contributed by atoms with E-state index in [1.165, 1.54) is 38.4 Å². The number of hydrogen-bond acceptors (Lipinski definition) is 2. The van der Waals surface area contributed by atoms with Gasteiger partial charge in [0.15, 0.2) is 8.32 Å². The van der Waals surface area contributed by atoms with Crippen LogP contribution in [-0.2, 0) is 9.22 Å². The SMILES string of the molecule is C[C@@H](C=O)[C@H]1CCC2C(O[Si](C)(C)C)CCC[C@]21C. The van der Waals surface area contributed by atoms with Gasteiger partial charge in [-0.3, -0.25) is 0 Å². The summed E-state index contributed by atoms with van der Waals surface area (Å²) in [6, 6.07) is 0. The van der Waals surface area contributed by atoms with Crippen molar-refractivity contribution in [2.75, 3.05) is 0 Å². The molecule has 0 bridgehead atoms. The van der Waals surface area contributed by atoms with E-state index in [1.807, 2.05) is 0 Å². The predicted octanol–water partition coefficient (Wildman–Crippen LogP) is 4.26. The van der Waals surface area contributed by atoms with Crippen molar-refractivity contribution >= 4 is 14.6 Å². The smallest absolute Gasteiger partial charge is 0.184 e. The molecule has 3 heteroatoms. The van der Waals surface area contributed by atoms with Gasteiger partial charge in [-0.25, -0.2) is 0 Å². The summed E-state index contributed by atoms with van der Waals surface area (Å²) in [4.78, 5) is 11.2. The molecular formula is C16H30O2Si. The lowest BCUT2D eigenvalue weighted by molar-refractivity contribution is -0.114. The maximum atomic E-state index is 11.2. The average Bonchev–Trinajstić information content (AvgIpc) is 2.64. The zero-order valence-electron chi connectivity index (χ0n) is 13.2. The Hall–Kier alpha value is -0.153. The van der Waals surface area contributed by atoms with Crippen molar-refractivity contribution in [3.05, 3.63) is 0 Å². The first-order valence-electron chi connectivity index (χ1n) is 7.91. The number of fused-ring (bicyclic) bond motifs is 1. The Bertz CT molecular complexity index is 336. The molecule has 2 aliphatic rings. The van der Waals surface area contributed by atoms with Crippen LogP contribution in [0.3, 0.4) is 0 Å². The third-order valence-electron chi connectivity index (χ3n) is 5.49. The van der Waals surface area contributed by atoms with Gasteiger partial charge in [-0.2, -0.15) is 0 Å². The summed E-state index contributed by atoms with van der Waals surface area (Å²) in [5.74, 6) is 1.46. The molecule has 0 spiro atoms. The minimum Gasteiger partial charge on any atom is -0.414 e. The van der Waals surface area contributed by atoms with Crippen molar-refractivity contribution in [3.8, 4) is 0 Å². The first kappa shape index (κ1) is 15.2. The van der Waals surface area contributed by atoms with Gasteiger partial charge in [0.25, 0.3) is 0 Å². The highest BCUT2D eigenvalue weighted by Crippen LogP contribution is 2.58. The predicted molar refractivity (Wildman–Crippen MR) is 81.6 cm³/mol. The molecule has 5 atom stereocenters. The third kappa shape index (κ3) is 2.97. The van der Waals surface area contributed by atoms with E-state index in [-0.39, 0.29) is 5.92 Å². The van der Waals surface area contributed by atoms with Crippen LogP contribution in [0.15, 0.2) is 0 Å². The van der Waals surface area contributed by atoms with Crippen LogP contribution in [0.4, 0.5) is 0 Å². The van der Waals surface area contributed by atoms with Crippen LogP contribution in [0.25, 0.3) is 0 Å². The Morgan fingerprint density at radius 3 is 2.53 bits per heavy atom. The van der Waals surface area contributed by atoms with Crippen LogP contribution in [0, 0.1) is 23.2 Å². The van der Waals surface area contributed by atoms with Gasteiger partial charge >= 0.3 is 0 Å². The van der Waals surface area contributed by atoms with Crippen molar-refractivity contribution in [2.45, 2.75) is 71.7 Å². The molecule has 110 valence electrons. The largest absolute Gasteiger partial charge is 0.414 e. The van der Waals surface area contributed by atoms with Crippen molar-refractivity contribution in [2.24, 2.45) is 23.2 Å². The molecule has 2 nitrogen and oxygen atoms in total. The molecule has 19 heavy (non-hydrogen) atoms. The summed E-state index contributed by atoms with van der Waals surface area (Å²) < 4.78 is 6.47. The Morgan fingerprint density at radius 2 is 1.95 bits per heavy atom. The molecule has 0 aromatic heterocycles. The lowest BCUT2D eigenvalue weighted by Gasteiger charge is -2.47. The monoisotopic (exact) mass is 282 g/mol. The summed E-state index contributed by atoms with van der Waals surface area (Å²) in [6.45, 7) is 11.4. The first-order valence-corrected chi connectivity index (χ1v) is 11.3. The molecule has 0 heterocycles. The lowest BCUT2D eigenvalue weighted by Crippen LogP contribution is -2.46. The van der Waals surface area contributed by atoms with Crippen molar-refractivity contribution in [1.82, 2.24) is 0 Å². The van der Waals surface area contributed by atoms with Gasteiger partial charge in [-0.05, 0) is 62.6 Å². The van der Waals surface area contributed by atoms with Gasteiger partial charge in [-0.1, -0.05) is 20.3 Å². The summed E-state index contributed by atoms with van der Waals surface area (Å²) >= 11 is 0. The summed E-state index contributed by atoms with van der Waals surface area (Å²) in [6.07, 6.45) is 7.88. The van der Waals surface area contributed by atoms with E-state index in [9.17, 15) is 4.79 Å². The standard InChI is InChI=1S/C16H30O2Si/c1-12(11-17)13-8-9-14-15(18-19(3,4)5)7-6-10-16(13,14)2/h11-15H,6-10H2,1-5H3/t12-,13+,14?,15?,16-/m0/s1. The maximum absolute atomic E-state index is 11.2. The van der Waals surface area contributed by atoms with Crippen LogP contribution < -0.4 is 0 Å². The summed E-state index contributed by atoms with van der Waals surface area (Å²) in [7, 11) is -1.46. The van der Waals surface area contributed by atoms with Gasteiger partial charge in [-0.15, -0.1) is 0 Å². The Morgan fingerprint density at radius 1 is 1.26 bits per heavy atom. The van der Waals surface area contributed by atoms with Crippen LogP contribution in [-0.4, -0.2) is 20.7 Å². The molecule has 0 N–H and O–H groups in total. The fourth-order valence-electron chi connectivity index (χ4n) is 4.71. The Labute approximate surface area is 119 Å². The Balaban J connectivity index is 2.16. The van der Waals surface area contributed by atoms with E-state index >= 15 is 0 Å². The summed E-state index contributed by atoms with van der Waals surface area (Å²) in [5, 5.41) is 0. The van der Waals surface area contributed by atoms with E-state index in [1.54, 1.807) is 0 Å². The van der Waals surface area contributed by atoms with Gasteiger partial charge in [0.2, 0.25) is 0 Å². The zero-order valence-corrected chi connectivity index (χ0v) is 14.2. The average molecular weight is 282 g/mol. The maximum Gasteiger partial charge on any atom is 0.184 e. The number of aldehydes is 1. The minimum atomic E-state index is -1.46. The van der Waals surface area contributed by atoms with Crippen molar-refractivity contribution in [3.63, 3.8) is 0 Å². The second kappa shape index (κ2) is 5.32. The van der Waals surface area contributed by atoms with Gasteiger partial charge in [0.1, 0.15) is 6.29 Å². The van der Waals surface area contributed by atoms with Crippen LogP contribution in [0.2, 0.25) is 19.6 Å². The fraction of sp³-hybridized carbons (Fsp3) is 0.938. The fourth-order valence-corrected chi connectivity index (χ4v) is 5.90. The highest BCUT2D eigenvalue weighted by atomic mass is 28.4. The second-order valence-corrected chi connectivity index (χ2v) is 12.4. The number of carbonyl (C=O) groups excluding carboxylic acids is 1. The highest BCUT2D eigenvalue weighted by molar-refractivity contribution is 6.69. The quantitative estimate of drug-likeness (QED) is 0.569. The van der Waals surface area contributed by atoms with Crippen LogP contribution in [0.1, 0.15) is 46.0 Å². The van der Waals surface area contributed by atoms with Gasteiger partial charge in [0.05, 0.1) is 0 Å². The third-order valence-corrected chi connectivity index (χ3v) is 6.50. The second-order valence-electron chi connectivity index (χ2n) is 7.95. The van der Waals surface area contributed by atoms with E-state index in [4.69, 9.17) is 4.43 Å². The molecule has 0 aromatic carbocycles. The normalized spacial score (nSPS) is 40.8. The molecule has 2 aliphatic carbocycles. The molecule has 0 saturated heterocycles. The number of carbonyl (C=O) groups is 1.